The lowest BCUT2D eigenvalue weighted by Crippen LogP contribution is -2.23. The van der Waals surface area contributed by atoms with Crippen LogP contribution in [-0.4, -0.2) is 18.4 Å². The van der Waals surface area contributed by atoms with E-state index in [0.717, 1.165) is 11.4 Å². The first-order valence-electron chi connectivity index (χ1n) is 10.4. The second-order valence-electron chi connectivity index (χ2n) is 7.18. The number of anilines is 2. The molecule has 0 saturated carbocycles. The Hall–Kier alpha value is -4.52. The zero-order valence-electron chi connectivity index (χ0n) is 17.8. The second-order valence-corrected chi connectivity index (χ2v) is 7.18. The molecule has 166 valence electrons. The molecule has 0 fully saturated rings. The van der Waals surface area contributed by atoms with E-state index < -0.39 is 0 Å². The lowest BCUT2D eigenvalue weighted by Gasteiger charge is -2.10. The van der Waals surface area contributed by atoms with Crippen molar-refractivity contribution in [3.05, 3.63) is 109 Å². The molecule has 0 bridgehead atoms. The van der Waals surface area contributed by atoms with Gasteiger partial charge >= 0.3 is 0 Å². The zero-order valence-corrected chi connectivity index (χ0v) is 17.8. The van der Waals surface area contributed by atoms with Crippen LogP contribution in [0.5, 0.6) is 11.5 Å². The van der Waals surface area contributed by atoms with Gasteiger partial charge in [0.25, 0.3) is 5.91 Å². The van der Waals surface area contributed by atoms with Crippen molar-refractivity contribution in [1.29, 1.82) is 0 Å². The van der Waals surface area contributed by atoms with Gasteiger partial charge in [0.2, 0.25) is 5.91 Å². The van der Waals surface area contributed by atoms with E-state index in [1.54, 1.807) is 42.7 Å². The summed E-state index contributed by atoms with van der Waals surface area (Å²) < 4.78 is 11.0. The number of ether oxygens (including phenoxy) is 1. The Bertz CT molecular complexity index is 1170. The van der Waals surface area contributed by atoms with Gasteiger partial charge in [0.05, 0.1) is 19.4 Å². The van der Waals surface area contributed by atoms with Gasteiger partial charge in [0, 0.05) is 16.9 Å². The van der Waals surface area contributed by atoms with E-state index in [4.69, 9.17) is 9.15 Å². The van der Waals surface area contributed by atoms with Gasteiger partial charge in [-0.05, 0) is 72.8 Å². The Morgan fingerprint density at radius 3 is 2.15 bits per heavy atom. The van der Waals surface area contributed by atoms with Crippen molar-refractivity contribution < 1.29 is 18.7 Å². The summed E-state index contributed by atoms with van der Waals surface area (Å²) in [5.41, 5.74) is 1.90. The Balaban J connectivity index is 1.22. The van der Waals surface area contributed by atoms with Crippen molar-refractivity contribution in [2.24, 2.45) is 0 Å². The van der Waals surface area contributed by atoms with Gasteiger partial charge in [-0.15, -0.1) is 0 Å². The molecule has 33 heavy (non-hydrogen) atoms. The maximum absolute atomic E-state index is 12.3. The minimum atomic E-state index is -0.217. The molecule has 4 aromatic rings. The molecular weight excluding hydrogens is 418 g/mol. The molecule has 3 aromatic carbocycles. The fraction of sp³-hybridized carbons (Fsp3) is 0.0769. The van der Waals surface area contributed by atoms with Gasteiger partial charge in [-0.1, -0.05) is 18.2 Å². The van der Waals surface area contributed by atoms with Gasteiger partial charge in [0.15, 0.2) is 0 Å². The number of carbonyl (C=O) groups is 2. The summed E-state index contributed by atoms with van der Waals surface area (Å²) in [6, 6.07) is 27.2. The first-order valence-corrected chi connectivity index (χ1v) is 10.4. The van der Waals surface area contributed by atoms with E-state index in [0.29, 0.717) is 29.3 Å². The molecule has 0 unspecified atom stereocenters. The van der Waals surface area contributed by atoms with Crippen molar-refractivity contribution >= 4 is 23.2 Å². The minimum absolute atomic E-state index is 0.101. The molecule has 0 spiro atoms. The monoisotopic (exact) mass is 441 g/mol. The second kappa shape index (κ2) is 10.7. The number of nitrogens with one attached hydrogen (secondary N) is 3. The third-order valence-electron chi connectivity index (χ3n) is 4.72. The molecule has 7 nitrogen and oxygen atoms in total. The van der Waals surface area contributed by atoms with Crippen LogP contribution in [0, 0.1) is 0 Å². The number of rotatable bonds is 9. The molecule has 4 rings (SSSR count). The molecule has 0 radical (unpaired) electrons. The highest BCUT2D eigenvalue weighted by Gasteiger charge is 2.08. The number of hydrogen-bond donors (Lipinski definition) is 3. The molecule has 0 saturated heterocycles. The van der Waals surface area contributed by atoms with Crippen molar-refractivity contribution in [3.63, 3.8) is 0 Å². The number of furan rings is 1. The maximum atomic E-state index is 12.3. The maximum Gasteiger partial charge on any atom is 0.251 e. The normalized spacial score (nSPS) is 10.3. The molecule has 1 aromatic heterocycles. The van der Waals surface area contributed by atoms with Crippen LogP contribution < -0.4 is 20.7 Å². The van der Waals surface area contributed by atoms with Crippen LogP contribution in [0.15, 0.2) is 102 Å². The van der Waals surface area contributed by atoms with Crippen molar-refractivity contribution in [2.45, 2.75) is 6.54 Å². The molecule has 0 aliphatic rings. The first kappa shape index (κ1) is 21.7. The van der Waals surface area contributed by atoms with Crippen LogP contribution >= 0.6 is 0 Å². The molecular formula is C26H23N3O4. The summed E-state index contributed by atoms with van der Waals surface area (Å²) >= 11 is 0. The third-order valence-corrected chi connectivity index (χ3v) is 4.72. The quantitative estimate of drug-likeness (QED) is 0.338. The van der Waals surface area contributed by atoms with Crippen molar-refractivity contribution in [1.82, 2.24) is 5.32 Å². The van der Waals surface area contributed by atoms with Crippen LogP contribution in [0.3, 0.4) is 0 Å². The van der Waals surface area contributed by atoms with E-state index in [9.17, 15) is 9.59 Å². The summed E-state index contributed by atoms with van der Waals surface area (Å²) in [5.74, 6) is 1.74. The Kier molecular flexibility index (Phi) is 7.02. The highest BCUT2D eigenvalue weighted by atomic mass is 16.5. The SMILES string of the molecule is O=C(CNc1ccc(Oc2ccccc2)cc1)Nc1ccc(C(=O)NCc2ccco2)cc1. The largest absolute Gasteiger partial charge is 0.467 e. The smallest absolute Gasteiger partial charge is 0.251 e. The van der Waals surface area contributed by atoms with Gasteiger partial charge in [-0.2, -0.15) is 0 Å². The van der Waals surface area contributed by atoms with Crippen molar-refractivity contribution in [2.75, 3.05) is 17.2 Å². The Morgan fingerprint density at radius 2 is 1.45 bits per heavy atom. The van der Waals surface area contributed by atoms with E-state index in [1.807, 2.05) is 54.6 Å². The minimum Gasteiger partial charge on any atom is -0.467 e. The summed E-state index contributed by atoms with van der Waals surface area (Å²) in [6.07, 6.45) is 1.56. The topological polar surface area (TPSA) is 92.6 Å². The van der Waals surface area contributed by atoms with Crippen molar-refractivity contribution in [3.8, 4) is 11.5 Å². The lowest BCUT2D eigenvalue weighted by atomic mass is 10.2. The van der Waals surface area contributed by atoms with Crippen LogP contribution in [0.4, 0.5) is 11.4 Å². The number of para-hydroxylation sites is 1. The van der Waals surface area contributed by atoms with E-state index >= 15 is 0 Å². The number of benzene rings is 3. The van der Waals surface area contributed by atoms with E-state index in [2.05, 4.69) is 16.0 Å². The Labute approximate surface area is 191 Å². The first-order chi connectivity index (χ1) is 16.2. The summed E-state index contributed by atoms with van der Waals surface area (Å²) in [4.78, 5) is 24.5. The lowest BCUT2D eigenvalue weighted by molar-refractivity contribution is -0.114. The summed E-state index contributed by atoms with van der Waals surface area (Å²) in [6.45, 7) is 0.416. The highest BCUT2D eigenvalue weighted by Crippen LogP contribution is 2.22. The van der Waals surface area contributed by atoms with Crippen LogP contribution in [0.1, 0.15) is 16.1 Å². The van der Waals surface area contributed by atoms with Gasteiger partial charge < -0.3 is 25.1 Å². The number of amides is 2. The van der Waals surface area contributed by atoms with Gasteiger partial charge in [0.1, 0.15) is 17.3 Å². The number of carbonyl (C=O) groups excluding carboxylic acids is 2. The van der Waals surface area contributed by atoms with Crippen LogP contribution in [0.2, 0.25) is 0 Å². The van der Waals surface area contributed by atoms with E-state index in [1.165, 1.54) is 0 Å². The third kappa shape index (κ3) is 6.48. The van der Waals surface area contributed by atoms with Gasteiger partial charge in [-0.25, -0.2) is 0 Å². The standard InChI is InChI=1S/C26H23N3O4/c30-25(18-27-20-12-14-23(15-13-20)33-22-5-2-1-3-6-22)29-21-10-8-19(9-11-21)26(31)28-17-24-7-4-16-32-24/h1-16,27H,17-18H2,(H,28,31)(H,29,30). The molecule has 0 aliphatic carbocycles. The molecule has 0 aliphatic heterocycles. The molecule has 0 atom stereocenters. The number of hydrogen-bond acceptors (Lipinski definition) is 5. The average molecular weight is 441 g/mol. The Morgan fingerprint density at radius 1 is 0.758 bits per heavy atom. The van der Waals surface area contributed by atoms with Crippen LogP contribution in [-0.2, 0) is 11.3 Å². The van der Waals surface area contributed by atoms with Crippen LogP contribution in [0.25, 0.3) is 0 Å². The molecule has 3 N–H and O–H groups in total. The summed E-state index contributed by atoms with van der Waals surface area (Å²) in [7, 11) is 0. The zero-order chi connectivity index (χ0) is 22.9. The van der Waals surface area contributed by atoms with Gasteiger partial charge in [-0.3, -0.25) is 9.59 Å². The predicted octanol–water partition coefficient (Wildman–Crippen LogP) is 5.05. The average Bonchev–Trinajstić information content (AvgIpc) is 3.37. The predicted molar refractivity (Wildman–Crippen MR) is 126 cm³/mol. The molecule has 7 heteroatoms. The molecule has 1 heterocycles. The highest BCUT2D eigenvalue weighted by molar-refractivity contribution is 5.96. The summed E-state index contributed by atoms with van der Waals surface area (Å²) in [5, 5.41) is 8.66. The molecule has 2 amide bonds. The van der Waals surface area contributed by atoms with E-state index in [-0.39, 0.29) is 18.4 Å². The fourth-order valence-electron chi connectivity index (χ4n) is 3.04. The fourth-order valence-corrected chi connectivity index (χ4v) is 3.04.